The molecule has 1 heterocycles. The summed E-state index contributed by atoms with van der Waals surface area (Å²) < 4.78 is 36.6. The summed E-state index contributed by atoms with van der Waals surface area (Å²) in [7, 11) is 0. The van der Waals surface area contributed by atoms with E-state index in [0.717, 1.165) is 41.0 Å². The van der Waals surface area contributed by atoms with Gasteiger partial charge >= 0.3 is 0 Å². The van der Waals surface area contributed by atoms with Gasteiger partial charge in [-0.1, -0.05) is 19.1 Å². The van der Waals surface area contributed by atoms with E-state index in [4.69, 9.17) is 4.74 Å². The SMILES string of the molecule is CCc1ccc2cc3c(sc4c(F)c(OC5CC5)ccc43)c(F)c2c1. The minimum absolute atomic E-state index is 0.133. The molecule has 3 aromatic carbocycles. The van der Waals surface area contributed by atoms with Gasteiger partial charge in [-0.3, -0.25) is 0 Å². The zero-order valence-corrected chi connectivity index (χ0v) is 14.6. The van der Waals surface area contributed by atoms with E-state index in [1.807, 2.05) is 37.3 Å². The quantitative estimate of drug-likeness (QED) is 0.403. The molecule has 0 amide bonds. The van der Waals surface area contributed by atoms with Crippen molar-refractivity contribution in [2.45, 2.75) is 32.3 Å². The number of aryl methyl sites for hydroxylation is 1. The summed E-state index contributed by atoms with van der Waals surface area (Å²) >= 11 is 1.17. The van der Waals surface area contributed by atoms with Gasteiger partial charge < -0.3 is 4.74 Å². The second-order valence-corrected chi connectivity index (χ2v) is 7.67. The Morgan fingerprint density at radius 3 is 2.52 bits per heavy atom. The highest BCUT2D eigenvalue weighted by Crippen LogP contribution is 2.42. The molecular formula is C21H16F2OS. The molecule has 126 valence electrons. The number of hydrogen-bond acceptors (Lipinski definition) is 2. The standard InChI is InChI=1S/C21H16F2OS/c1-2-11-3-4-12-10-16-14-7-8-17(24-13-5-6-13)19(23)20(14)25-21(16)18(22)15(12)9-11/h3-4,7-10,13H,2,5-6H2,1H3. The van der Waals surface area contributed by atoms with Crippen LogP contribution in [0.15, 0.2) is 36.4 Å². The highest BCUT2D eigenvalue weighted by atomic mass is 32.1. The van der Waals surface area contributed by atoms with Gasteiger partial charge in [-0.15, -0.1) is 11.3 Å². The predicted molar refractivity (Wildman–Crippen MR) is 99.8 cm³/mol. The first-order valence-electron chi connectivity index (χ1n) is 8.58. The van der Waals surface area contributed by atoms with E-state index in [2.05, 4.69) is 0 Å². The topological polar surface area (TPSA) is 9.23 Å². The van der Waals surface area contributed by atoms with E-state index in [9.17, 15) is 4.39 Å². The lowest BCUT2D eigenvalue weighted by Gasteiger charge is -2.06. The molecule has 1 fully saturated rings. The Labute approximate surface area is 147 Å². The van der Waals surface area contributed by atoms with Gasteiger partial charge in [0.15, 0.2) is 11.6 Å². The molecule has 0 saturated heterocycles. The van der Waals surface area contributed by atoms with Crippen molar-refractivity contribution in [3.8, 4) is 5.75 Å². The molecule has 1 saturated carbocycles. The minimum atomic E-state index is -0.372. The van der Waals surface area contributed by atoms with Crippen LogP contribution >= 0.6 is 11.3 Å². The third-order valence-corrected chi connectivity index (χ3v) is 6.09. The smallest absolute Gasteiger partial charge is 0.182 e. The summed E-state index contributed by atoms with van der Waals surface area (Å²) in [6, 6.07) is 11.3. The molecule has 5 rings (SSSR count). The molecule has 1 aromatic heterocycles. The summed E-state index contributed by atoms with van der Waals surface area (Å²) in [6.07, 6.45) is 2.94. The van der Waals surface area contributed by atoms with Gasteiger partial charge in [0, 0.05) is 16.2 Å². The van der Waals surface area contributed by atoms with E-state index in [-0.39, 0.29) is 23.5 Å². The van der Waals surface area contributed by atoms with Crippen LogP contribution in [-0.2, 0) is 6.42 Å². The lowest BCUT2D eigenvalue weighted by atomic mass is 10.0. The van der Waals surface area contributed by atoms with Crippen LogP contribution in [0.25, 0.3) is 30.9 Å². The maximum Gasteiger partial charge on any atom is 0.182 e. The molecule has 0 aliphatic heterocycles. The molecule has 1 aliphatic carbocycles. The van der Waals surface area contributed by atoms with Crippen LogP contribution < -0.4 is 4.74 Å². The molecule has 4 heteroatoms. The summed E-state index contributed by atoms with van der Waals surface area (Å²) in [4.78, 5) is 0. The lowest BCUT2D eigenvalue weighted by molar-refractivity contribution is 0.289. The zero-order valence-electron chi connectivity index (χ0n) is 13.7. The summed E-state index contributed by atoms with van der Waals surface area (Å²) in [5.41, 5.74) is 1.10. The first-order valence-corrected chi connectivity index (χ1v) is 9.40. The molecule has 1 aliphatic rings. The van der Waals surface area contributed by atoms with Crippen LogP contribution in [0, 0.1) is 11.6 Å². The highest BCUT2D eigenvalue weighted by Gasteiger charge is 2.26. The van der Waals surface area contributed by atoms with E-state index in [0.29, 0.717) is 14.8 Å². The predicted octanol–water partition coefficient (Wildman–Crippen LogP) is 6.59. The van der Waals surface area contributed by atoms with Crippen molar-refractivity contribution in [1.29, 1.82) is 0 Å². The average Bonchev–Trinajstić information content (AvgIpc) is 3.36. The number of thiophene rings is 1. The number of rotatable bonds is 3. The van der Waals surface area contributed by atoms with Crippen LogP contribution in [0.4, 0.5) is 8.78 Å². The van der Waals surface area contributed by atoms with Crippen LogP contribution in [0.2, 0.25) is 0 Å². The number of hydrogen-bond donors (Lipinski definition) is 0. The van der Waals surface area contributed by atoms with Crippen molar-refractivity contribution < 1.29 is 13.5 Å². The molecule has 0 bridgehead atoms. The molecular weight excluding hydrogens is 338 g/mol. The first kappa shape index (κ1) is 15.1. The lowest BCUT2D eigenvalue weighted by Crippen LogP contribution is -1.97. The van der Waals surface area contributed by atoms with Crippen LogP contribution in [0.3, 0.4) is 0 Å². The van der Waals surface area contributed by atoms with Gasteiger partial charge in [-0.25, -0.2) is 8.78 Å². The minimum Gasteiger partial charge on any atom is -0.487 e. The molecule has 0 spiro atoms. The van der Waals surface area contributed by atoms with Gasteiger partial charge in [0.25, 0.3) is 0 Å². The van der Waals surface area contributed by atoms with Crippen molar-refractivity contribution in [2.24, 2.45) is 0 Å². The number of benzene rings is 3. The van der Waals surface area contributed by atoms with E-state index in [1.165, 1.54) is 11.3 Å². The molecule has 1 nitrogen and oxygen atoms in total. The molecule has 4 aromatic rings. The highest BCUT2D eigenvalue weighted by molar-refractivity contribution is 7.26. The van der Waals surface area contributed by atoms with Crippen LogP contribution in [0.5, 0.6) is 5.75 Å². The van der Waals surface area contributed by atoms with Crippen LogP contribution in [-0.4, -0.2) is 6.10 Å². The molecule has 0 atom stereocenters. The van der Waals surface area contributed by atoms with Gasteiger partial charge in [0.2, 0.25) is 0 Å². The van der Waals surface area contributed by atoms with Gasteiger partial charge in [0.1, 0.15) is 5.82 Å². The van der Waals surface area contributed by atoms with E-state index < -0.39 is 0 Å². The molecule has 0 N–H and O–H groups in total. The third kappa shape index (κ3) is 2.31. The normalized spacial score (nSPS) is 14.7. The summed E-state index contributed by atoms with van der Waals surface area (Å²) in [5, 5.41) is 2.97. The number of fused-ring (bicyclic) bond motifs is 4. The Bertz CT molecular complexity index is 1140. The summed E-state index contributed by atoms with van der Waals surface area (Å²) in [6.45, 7) is 2.05. The molecule has 0 radical (unpaired) electrons. The molecule has 25 heavy (non-hydrogen) atoms. The van der Waals surface area contributed by atoms with Crippen molar-refractivity contribution in [1.82, 2.24) is 0 Å². The van der Waals surface area contributed by atoms with Gasteiger partial charge in [-0.2, -0.15) is 0 Å². The fourth-order valence-corrected chi connectivity index (χ4v) is 4.47. The van der Waals surface area contributed by atoms with Crippen molar-refractivity contribution in [3.63, 3.8) is 0 Å². The Kier molecular flexibility index (Phi) is 3.26. The maximum absolute atomic E-state index is 15.1. The monoisotopic (exact) mass is 354 g/mol. The Morgan fingerprint density at radius 2 is 1.76 bits per heavy atom. The number of halogens is 2. The third-order valence-electron chi connectivity index (χ3n) is 4.88. The van der Waals surface area contributed by atoms with Crippen molar-refractivity contribution in [2.75, 3.05) is 0 Å². The summed E-state index contributed by atoms with van der Waals surface area (Å²) in [5.74, 6) is -0.351. The van der Waals surface area contributed by atoms with Gasteiger partial charge in [-0.05, 0) is 54.5 Å². The largest absolute Gasteiger partial charge is 0.487 e. The Hall–Kier alpha value is -2.20. The van der Waals surface area contributed by atoms with Crippen molar-refractivity contribution in [3.05, 3.63) is 53.6 Å². The number of ether oxygens (including phenoxy) is 1. The first-order chi connectivity index (χ1) is 12.2. The van der Waals surface area contributed by atoms with Crippen molar-refractivity contribution >= 4 is 42.3 Å². The van der Waals surface area contributed by atoms with E-state index >= 15 is 4.39 Å². The zero-order chi connectivity index (χ0) is 17.1. The van der Waals surface area contributed by atoms with Gasteiger partial charge in [0.05, 0.1) is 15.5 Å². The van der Waals surface area contributed by atoms with Crippen LogP contribution in [0.1, 0.15) is 25.3 Å². The Morgan fingerprint density at radius 1 is 0.960 bits per heavy atom. The fraction of sp³-hybridized carbons (Fsp3) is 0.238. The second-order valence-electron chi connectivity index (χ2n) is 6.65. The Balaban J connectivity index is 1.81. The fourth-order valence-electron chi connectivity index (χ4n) is 3.31. The molecule has 0 unspecified atom stereocenters. The maximum atomic E-state index is 15.1. The van der Waals surface area contributed by atoms with E-state index in [1.54, 1.807) is 6.07 Å². The second kappa shape index (κ2) is 5.40. The average molecular weight is 354 g/mol.